The van der Waals surface area contributed by atoms with Crippen LogP contribution in [-0.4, -0.2) is 29.4 Å². The van der Waals surface area contributed by atoms with E-state index in [1.54, 1.807) is 0 Å². The van der Waals surface area contributed by atoms with E-state index in [2.05, 4.69) is 22.7 Å². The van der Waals surface area contributed by atoms with Gasteiger partial charge in [0.25, 0.3) is 0 Å². The second-order valence-electron chi connectivity index (χ2n) is 3.07. The summed E-state index contributed by atoms with van der Waals surface area (Å²) in [5, 5.41) is 10.8. The fourth-order valence-corrected chi connectivity index (χ4v) is 1.23. The van der Waals surface area contributed by atoms with Crippen LogP contribution in [0.2, 0.25) is 0 Å². The fraction of sp³-hybridized carbons (Fsp3) is 0.667. The first-order valence-corrected chi connectivity index (χ1v) is 4.69. The van der Waals surface area contributed by atoms with Gasteiger partial charge >= 0.3 is 0 Å². The molecule has 0 aliphatic heterocycles. The molecular weight excluding hydrogens is 164 g/mol. The van der Waals surface area contributed by atoms with Crippen LogP contribution >= 0.6 is 0 Å². The third-order valence-corrected chi connectivity index (χ3v) is 1.86. The van der Waals surface area contributed by atoms with E-state index in [0.29, 0.717) is 0 Å². The number of anilines is 1. The normalized spacial score (nSPS) is 10.4. The monoisotopic (exact) mass is 182 g/mol. The van der Waals surface area contributed by atoms with Gasteiger partial charge in [-0.2, -0.15) is 5.10 Å². The lowest BCUT2D eigenvalue weighted by Crippen LogP contribution is -2.22. The first-order chi connectivity index (χ1) is 6.24. The molecule has 0 amide bonds. The summed E-state index contributed by atoms with van der Waals surface area (Å²) in [6.07, 6.45) is 0. The minimum atomic E-state index is 0.937. The smallest absolute Gasteiger partial charge is 0.124 e. The number of likely N-dealkylation sites (N-methyl/N-ethyl adjacent to an activating group) is 1. The summed E-state index contributed by atoms with van der Waals surface area (Å²) >= 11 is 0. The second kappa shape index (κ2) is 4.87. The lowest BCUT2D eigenvalue weighted by Gasteiger charge is -2.05. The largest absolute Gasteiger partial charge is 0.369 e. The molecule has 13 heavy (non-hydrogen) atoms. The van der Waals surface area contributed by atoms with E-state index in [1.807, 2.05) is 24.7 Å². The summed E-state index contributed by atoms with van der Waals surface area (Å²) < 4.78 is 1.86. The highest BCUT2D eigenvalue weighted by Crippen LogP contribution is 2.06. The maximum absolute atomic E-state index is 4.24. The molecule has 0 saturated heterocycles. The number of nitrogens with one attached hydrogen (secondary N) is 2. The van der Waals surface area contributed by atoms with Crippen LogP contribution in [0.5, 0.6) is 0 Å². The summed E-state index contributed by atoms with van der Waals surface area (Å²) in [5.41, 5.74) is 1.05. The number of aryl methyl sites for hydroxylation is 2. The minimum absolute atomic E-state index is 0.937. The molecule has 4 heteroatoms. The van der Waals surface area contributed by atoms with Crippen molar-refractivity contribution in [2.75, 3.05) is 25.0 Å². The van der Waals surface area contributed by atoms with Crippen molar-refractivity contribution in [2.45, 2.75) is 13.8 Å². The highest BCUT2D eigenvalue weighted by Gasteiger charge is 1.98. The van der Waals surface area contributed by atoms with Crippen molar-refractivity contribution in [3.8, 4) is 0 Å². The topological polar surface area (TPSA) is 41.9 Å². The van der Waals surface area contributed by atoms with Gasteiger partial charge in [0.15, 0.2) is 0 Å². The van der Waals surface area contributed by atoms with Gasteiger partial charge in [-0.05, 0) is 13.5 Å². The van der Waals surface area contributed by atoms with Crippen LogP contribution in [0.25, 0.3) is 0 Å². The zero-order valence-electron chi connectivity index (χ0n) is 8.59. The lowest BCUT2D eigenvalue weighted by atomic mass is 10.4. The molecule has 0 fully saturated rings. The second-order valence-corrected chi connectivity index (χ2v) is 3.07. The molecule has 4 nitrogen and oxygen atoms in total. The number of aromatic nitrogens is 2. The average Bonchev–Trinajstić information content (AvgIpc) is 2.39. The van der Waals surface area contributed by atoms with Gasteiger partial charge in [0.1, 0.15) is 5.82 Å². The summed E-state index contributed by atoms with van der Waals surface area (Å²) in [7, 11) is 1.95. The Labute approximate surface area is 79.3 Å². The van der Waals surface area contributed by atoms with Crippen LogP contribution < -0.4 is 10.6 Å². The molecule has 74 valence electrons. The average molecular weight is 182 g/mol. The minimum Gasteiger partial charge on any atom is -0.369 e. The third-order valence-electron chi connectivity index (χ3n) is 1.86. The van der Waals surface area contributed by atoms with E-state index in [4.69, 9.17) is 0 Å². The summed E-state index contributed by atoms with van der Waals surface area (Å²) in [4.78, 5) is 0. The van der Waals surface area contributed by atoms with Crippen LogP contribution in [-0.2, 0) is 7.05 Å². The predicted molar refractivity (Wildman–Crippen MR) is 55.0 cm³/mol. The molecule has 0 bridgehead atoms. The van der Waals surface area contributed by atoms with Gasteiger partial charge in [-0.3, -0.25) is 4.68 Å². The van der Waals surface area contributed by atoms with E-state index < -0.39 is 0 Å². The summed E-state index contributed by atoms with van der Waals surface area (Å²) in [5.74, 6) is 1.08. The molecule has 1 aromatic heterocycles. The molecule has 0 aliphatic rings. The number of nitrogens with zero attached hydrogens (tertiary/aromatic N) is 2. The van der Waals surface area contributed by atoms with E-state index >= 15 is 0 Å². The zero-order chi connectivity index (χ0) is 9.68. The Hall–Kier alpha value is -1.03. The SMILES string of the molecule is CCNCCNc1cc(C)nn1C. The van der Waals surface area contributed by atoms with Crippen LogP contribution in [0.15, 0.2) is 6.07 Å². The molecule has 1 rings (SSSR count). The van der Waals surface area contributed by atoms with Crippen molar-refractivity contribution in [2.24, 2.45) is 7.05 Å². The maximum atomic E-state index is 4.24. The molecule has 0 aromatic carbocycles. The molecule has 1 aromatic rings. The molecule has 0 aliphatic carbocycles. The van der Waals surface area contributed by atoms with Gasteiger partial charge in [-0.1, -0.05) is 6.92 Å². The molecule has 0 radical (unpaired) electrons. The Kier molecular flexibility index (Phi) is 3.76. The number of hydrogen-bond donors (Lipinski definition) is 2. The molecular formula is C9H18N4. The molecule has 1 heterocycles. The van der Waals surface area contributed by atoms with E-state index in [9.17, 15) is 0 Å². The van der Waals surface area contributed by atoms with Gasteiger partial charge in [0.2, 0.25) is 0 Å². The Balaban J connectivity index is 2.32. The highest BCUT2D eigenvalue weighted by atomic mass is 15.3. The molecule has 0 unspecified atom stereocenters. The molecule has 0 spiro atoms. The quantitative estimate of drug-likeness (QED) is 0.660. The van der Waals surface area contributed by atoms with Crippen molar-refractivity contribution in [1.29, 1.82) is 0 Å². The Bertz CT molecular complexity index is 254. The van der Waals surface area contributed by atoms with Crippen LogP contribution in [0, 0.1) is 6.92 Å². The van der Waals surface area contributed by atoms with Gasteiger partial charge < -0.3 is 10.6 Å². The first-order valence-electron chi connectivity index (χ1n) is 4.69. The van der Waals surface area contributed by atoms with Crippen LogP contribution in [0.1, 0.15) is 12.6 Å². The lowest BCUT2D eigenvalue weighted by molar-refractivity contribution is 0.722. The van der Waals surface area contributed by atoms with Gasteiger partial charge in [0, 0.05) is 26.2 Å². The van der Waals surface area contributed by atoms with Gasteiger partial charge in [-0.25, -0.2) is 0 Å². The van der Waals surface area contributed by atoms with E-state index in [-0.39, 0.29) is 0 Å². The molecule has 0 saturated carbocycles. The Morgan fingerprint density at radius 2 is 2.23 bits per heavy atom. The van der Waals surface area contributed by atoms with E-state index in [0.717, 1.165) is 31.1 Å². The van der Waals surface area contributed by atoms with Crippen molar-refractivity contribution < 1.29 is 0 Å². The fourth-order valence-electron chi connectivity index (χ4n) is 1.23. The standard InChI is InChI=1S/C9H18N4/c1-4-10-5-6-11-9-7-8(2)12-13(9)3/h7,10-11H,4-6H2,1-3H3. The van der Waals surface area contributed by atoms with E-state index in [1.165, 1.54) is 0 Å². The van der Waals surface area contributed by atoms with Crippen molar-refractivity contribution in [1.82, 2.24) is 15.1 Å². The van der Waals surface area contributed by atoms with Crippen molar-refractivity contribution in [3.05, 3.63) is 11.8 Å². The number of hydrogen-bond acceptors (Lipinski definition) is 3. The first kappa shape index (κ1) is 10.1. The van der Waals surface area contributed by atoms with Gasteiger partial charge in [0.05, 0.1) is 5.69 Å². The summed E-state index contributed by atoms with van der Waals surface area (Å²) in [6.45, 7) is 7.04. The number of rotatable bonds is 5. The Morgan fingerprint density at radius 3 is 2.77 bits per heavy atom. The molecule has 2 N–H and O–H groups in total. The summed E-state index contributed by atoms with van der Waals surface area (Å²) in [6, 6.07) is 2.05. The predicted octanol–water partition coefficient (Wildman–Crippen LogP) is 0.750. The van der Waals surface area contributed by atoms with Crippen molar-refractivity contribution >= 4 is 5.82 Å². The van der Waals surface area contributed by atoms with Crippen molar-refractivity contribution in [3.63, 3.8) is 0 Å². The van der Waals surface area contributed by atoms with Gasteiger partial charge in [-0.15, -0.1) is 0 Å². The molecule has 0 atom stereocenters. The third kappa shape index (κ3) is 3.06. The van der Waals surface area contributed by atoms with Crippen LogP contribution in [0.3, 0.4) is 0 Å². The Morgan fingerprint density at radius 1 is 1.46 bits per heavy atom. The zero-order valence-corrected chi connectivity index (χ0v) is 8.59. The highest BCUT2D eigenvalue weighted by molar-refractivity contribution is 5.36. The maximum Gasteiger partial charge on any atom is 0.124 e. The van der Waals surface area contributed by atoms with Crippen LogP contribution in [0.4, 0.5) is 5.82 Å².